The van der Waals surface area contributed by atoms with Crippen molar-refractivity contribution in [1.29, 1.82) is 0 Å². The van der Waals surface area contributed by atoms with Crippen LogP contribution in [0.1, 0.15) is 27.8 Å². The van der Waals surface area contributed by atoms with E-state index in [1.54, 1.807) is 29.2 Å². The smallest absolute Gasteiger partial charge is 0.270 e. The Morgan fingerprint density at radius 3 is 2.33 bits per heavy atom. The average molecular weight is 447 g/mol. The van der Waals surface area contributed by atoms with Gasteiger partial charge >= 0.3 is 0 Å². The number of aromatic nitrogens is 1. The molecular weight excluding hydrogens is 420 g/mol. The molecule has 3 aromatic rings. The number of fused-ring (bicyclic) bond motifs is 1. The minimum absolute atomic E-state index is 0.0212. The number of amides is 2. The van der Waals surface area contributed by atoms with E-state index in [4.69, 9.17) is 0 Å². The highest BCUT2D eigenvalue weighted by atomic mass is 16.3. The number of rotatable bonds is 6. The van der Waals surface area contributed by atoms with Gasteiger partial charge in [0.25, 0.3) is 5.91 Å². The molecule has 1 saturated heterocycles. The third-order valence-corrected chi connectivity index (χ3v) is 5.85. The van der Waals surface area contributed by atoms with Crippen LogP contribution in [0.25, 0.3) is 10.9 Å². The fourth-order valence-electron chi connectivity index (χ4n) is 3.92. The second-order valence-corrected chi connectivity index (χ2v) is 8.01. The Balaban J connectivity index is 1.36. The summed E-state index contributed by atoms with van der Waals surface area (Å²) in [6.07, 6.45) is 0. The Kier molecular flexibility index (Phi) is 6.65. The Bertz CT molecular complexity index is 1170. The van der Waals surface area contributed by atoms with Gasteiger partial charge in [0.1, 0.15) is 11.7 Å². The molecule has 0 saturated carbocycles. The van der Waals surface area contributed by atoms with Crippen LogP contribution >= 0.6 is 0 Å². The van der Waals surface area contributed by atoms with E-state index in [0.29, 0.717) is 37.3 Å². The van der Waals surface area contributed by atoms with Crippen molar-refractivity contribution in [2.75, 3.05) is 37.7 Å². The summed E-state index contributed by atoms with van der Waals surface area (Å²) in [6, 6.07) is 17.2. The van der Waals surface area contributed by atoms with E-state index < -0.39 is 18.6 Å². The number of Topliss-reactive ketones (excluding diaryl/α,β-unsaturated/α-hetero) is 1. The van der Waals surface area contributed by atoms with Crippen LogP contribution < -0.4 is 10.2 Å². The molecule has 4 rings (SSSR count). The summed E-state index contributed by atoms with van der Waals surface area (Å²) in [5, 5.41) is 13.3. The van der Waals surface area contributed by atoms with Crippen LogP contribution in [0.2, 0.25) is 0 Å². The molecule has 2 aromatic carbocycles. The Hall–Kier alpha value is -3.78. The fourth-order valence-corrected chi connectivity index (χ4v) is 3.92. The van der Waals surface area contributed by atoms with Crippen LogP contribution in [0.15, 0.2) is 60.7 Å². The summed E-state index contributed by atoms with van der Waals surface area (Å²) in [6.45, 7) is 3.20. The molecule has 33 heavy (non-hydrogen) atoms. The van der Waals surface area contributed by atoms with Crippen LogP contribution in [0.3, 0.4) is 0 Å². The van der Waals surface area contributed by atoms with E-state index in [9.17, 15) is 19.5 Å². The van der Waals surface area contributed by atoms with Crippen molar-refractivity contribution in [1.82, 2.24) is 15.2 Å². The van der Waals surface area contributed by atoms with Crippen LogP contribution in [-0.4, -0.2) is 71.4 Å². The first-order chi connectivity index (χ1) is 16.0. The fraction of sp³-hybridized carbons (Fsp3) is 0.280. The van der Waals surface area contributed by atoms with Gasteiger partial charge < -0.3 is 20.2 Å². The minimum Gasteiger partial charge on any atom is -0.394 e. The molecule has 2 amide bonds. The summed E-state index contributed by atoms with van der Waals surface area (Å²) >= 11 is 0. The number of benzene rings is 2. The van der Waals surface area contributed by atoms with Gasteiger partial charge in [0.05, 0.1) is 12.1 Å². The minimum atomic E-state index is -1.04. The number of nitrogens with one attached hydrogen (secondary N) is 1. The van der Waals surface area contributed by atoms with E-state index >= 15 is 0 Å². The lowest BCUT2D eigenvalue weighted by molar-refractivity contribution is -0.134. The lowest BCUT2D eigenvalue weighted by Crippen LogP contribution is -2.56. The normalized spacial score (nSPS) is 14.7. The number of pyridine rings is 1. The van der Waals surface area contributed by atoms with Gasteiger partial charge in [-0.25, -0.2) is 4.98 Å². The second kappa shape index (κ2) is 9.79. The number of carbonyl (C=O) groups excluding carboxylic acids is 3. The molecule has 8 nitrogen and oxygen atoms in total. The van der Waals surface area contributed by atoms with Gasteiger partial charge in [-0.1, -0.05) is 24.3 Å². The van der Waals surface area contributed by atoms with Crippen LogP contribution in [-0.2, 0) is 4.79 Å². The maximum Gasteiger partial charge on any atom is 0.270 e. The Morgan fingerprint density at radius 2 is 1.67 bits per heavy atom. The van der Waals surface area contributed by atoms with Gasteiger partial charge in [0, 0.05) is 42.8 Å². The SMILES string of the molecule is CC(=O)c1ccc(N2CCN(C(=O)[C@H](CO)NC(=O)c3ccc4ccccc4n3)CC2)cc1. The molecule has 1 aromatic heterocycles. The Labute approximate surface area is 191 Å². The number of hydrogen-bond donors (Lipinski definition) is 2. The zero-order chi connectivity index (χ0) is 23.4. The molecule has 170 valence electrons. The van der Waals surface area contributed by atoms with Gasteiger partial charge in [-0.3, -0.25) is 14.4 Å². The number of anilines is 1. The van der Waals surface area contributed by atoms with E-state index in [1.165, 1.54) is 6.92 Å². The molecule has 0 spiro atoms. The molecule has 8 heteroatoms. The second-order valence-electron chi connectivity index (χ2n) is 8.01. The standard InChI is InChI=1S/C25H26N4O4/c1-17(31)18-6-9-20(10-7-18)28-12-14-29(15-13-28)25(33)23(16-30)27-24(32)22-11-8-19-4-2-3-5-21(19)26-22/h2-11,23,30H,12-16H2,1H3,(H,27,32)/t23-/m0/s1. The highest BCUT2D eigenvalue weighted by Gasteiger charge is 2.29. The highest BCUT2D eigenvalue weighted by Crippen LogP contribution is 2.18. The first-order valence-corrected chi connectivity index (χ1v) is 10.9. The van der Waals surface area contributed by atoms with Gasteiger partial charge in [-0.05, 0) is 43.3 Å². The van der Waals surface area contributed by atoms with Crippen LogP contribution in [0.4, 0.5) is 5.69 Å². The topological polar surface area (TPSA) is 103 Å². The zero-order valence-electron chi connectivity index (χ0n) is 18.4. The monoisotopic (exact) mass is 446 g/mol. The molecule has 0 radical (unpaired) electrons. The molecular formula is C25H26N4O4. The molecule has 2 heterocycles. The van der Waals surface area contributed by atoms with Crippen molar-refractivity contribution < 1.29 is 19.5 Å². The van der Waals surface area contributed by atoms with Crippen molar-refractivity contribution in [3.05, 3.63) is 71.9 Å². The van der Waals surface area contributed by atoms with Crippen molar-refractivity contribution in [3.8, 4) is 0 Å². The van der Waals surface area contributed by atoms with Crippen molar-refractivity contribution in [2.45, 2.75) is 13.0 Å². The number of carbonyl (C=O) groups is 3. The van der Waals surface area contributed by atoms with E-state index in [2.05, 4.69) is 15.2 Å². The van der Waals surface area contributed by atoms with Gasteiger partial charge in [-0.15, -0.1) is 0 Å². The summed E-state index contributed by atoms with van der Waals surface area (Å²) in [5.74, 6) is -0.802. The summed E-state index contributed by atoms with van der Waals surface area (Å²) in [7, 11) is 0. The highest BCUT2D eigenvalue weighted by molar-refractivity contribution is 5.98. The van der Waals surface area contributed by atoms with E-state index in [1.807, 2.05) is 36.4 Å². The largest absolute Gasteiger partial charge is 0.394 e. The number of piperazine rings is 1. The average Bonchev–Trinajstić information content (AvgIpc) is 2.86. The molecule has 1 aliphatic rings. The molecule has 2 N–H and O–H groups in total. The first-order valence-electron chi connectivity index (χ1n) is 10.9. The third-order valence-electron chi connectivity index (χ3n) is 5.85. The van der Waals surface area contributed by atoms with Crippen LogP contribution in [0.5, 0.6) is 0 Å². The Morgan fingerprint density at radius 1 is 0.970 bits per heavy atom. The first kappa shape index (κ1) is 22.4. The zero-order valence-corrected chi connectivity index (χ0v) is 18.4. The molecule has 0 bridgehead atoms. The number of aliphatic hydroxyl groups excluding tert-OH is 1. The summed E-state index contributed by atoms with van der Waals surface area (Å²) < 4.78 is 0. The van der Waals surface area contributed by atoms with Crippen molar-refractivity contribution in [2.24, 2.45) is 0 Å². The van der Waals surface area contributed by atoms with Crippen LogP contribution in [0, 0.1) is 0 Å². The number of nitrogens with zero attached hydrogens (tertiary/aromatic N) is 3. The number of ketones is 1. The maximum atomic E-state index is 12.9. The molecule has 0 aliphatic carbocycles. The predicted octanol–water partition coefficient (Wildman–Crippen LogP) is 1.88. The molecule has 1 aliphatic heterocycles. The summed E-state index contributed by atoms with van der Waals surface area (Å²) in [5.41, 5.74) is 2.53. The molecule has 1 fully saturated rings. The predicted molar refractivity (Wildman–Crippen MR) is 125 cm³/mol. The molecule has 1 atom stereocenters. The van der Waals surface area contributed by atoms with E-state index in [-0.39, 0.29) is 17.4 Å². The van der Waals surface area contributed by atoms with E-state index in [0.717, 1.165) is 11.1 Å². The lowest BCUT2D eigenvalue weighted by atomic mass is 10.1. The van der Waals surface area contributed by atoms with Gasteiger partial charge in [-0.2, -0.15) is 0 Å². The lowest BCUT2D eigenvalue weighted by Gasteiger charge is -2.37. The number of aliphatic hydroxyl groups is 1. The molecule has 0 unspecified atom stereocenters. The summed E-state index contributed by atoms with van der Waals surface area (Å²) in [4.78, 5) is 45.2. The van der Waals surface area contributed by atoms with Gasteiger partial charge in [0.15, 0.2) is 5.78 Å². The maximum absolute atomic E-state index is 12.9. The quantitative estimate of drug-likeness (QED) is 0.561. The number of para-hydroxylation sites is 1. The van der Waals surface area contributed by atoms with Gasteiger partial charge in [0.2, 0.25) is 5.91 Å². The number of hydrogen-bond acceptors (Lipinski definition) is 6. The third kappa shape index (κ3) is 5.01. The van der Waals surface area contributed by atoms with Crippen molar-refractivity contribution >= 4 is 34.2 Å². The van der Waals surface area contributed by atoms with Crippen molar-refractivity contribution in [3.63, 3.8) is 0 Å².